The molecule has 0 bridgehead atoms. The molecule has 0 amide bonds. The van der Waals surface area contributed by atoms with Crippen LogP contribution in [0.5, 0.6) is 0 Å². The second kappa shape index (κ2) is 4.08. The normalized spacial score (nSPS) is 10.8. The third-order valence-electron chi connectivity index (χ3n) is 2.96. The molecule has 0 aliphatic heterocycles. The summed E-state index contributed by atoms with van der Waals surface area (Å²) in [6, 6.07) is 6.64. The van der Waals surface area contributed by atoms with Crippen LogP contribution >= 0.6 is 0 Å². The predicted molar refractivity (Wildman–Crippen MR) is 61.9 cm³/mol. The Morgan fingerprint density at radius 2 is 2.00 bits per heavy atom. The molecule has 2 nitrogen and oxygen atoms in total. The van der Waals surface area contributed by atoms with E-state index in [9.17, 15) is 4.39 Å². The van der Waals surface area contributed by atoms with Gasteiger partial charge in [-0.1, -0.05) is 12.1 Å². The third kappa shape index (κ3) is 1.98. The van der Waals surface area contributed by atoms with E-state index in [2.05, 4.69) is 12.0 Å². The van der Waals surface area contributed by atoms with Crippen molar-refractivity contribution in [2.75, 3.05) is 0 Å². The van der Waals surface area contributed by atoms with Crippen LogP contribution in [-0.2, 0) is 6.54 Å². The number of hydrogen-bond acceptors (Lipinski definition) is 1. The Kier molecular flexibility index (Phi) is 2.77. The quantitative estimate of drug-likeness (QED) is 0.757. The summed E-state index contributed by atoms with van der Waals surface area (Å²) in [5.41, 5.74) is 4.32. The number of benzene rings is 1. The number of aryl methyl sites for hydroxylation is 1. The van der Waals surface area contributed by atoms with E-state index in [1.54, 1.807) is 12.1 Å². The summed E-state index contributed by atoms with van der Waals surface area (Å²) in [4.78, 5) is 0. The fourth-order valence-electron chi connectivity index (χ4n) is 1.75. The molecule has 2 rings (SSSR count). The van der Waals surface area contributed by atoms with Crippen LogP contribution in [0.4, 0.5) is 4.39 Å². The molecule has 84 valence electrons. The highest BCUT2D eigenvalue weighted by Gasteiger charge is 2.07. The Balaban J connectivity index is 2.30. The van der Waals surface area contributed by atoms with Crippen LogP contribution in [0.2, 0.25) is 0 Å². The van der Waals surface area contributed by atoms with Crippen molar-refractivity contribution >= 4 is 0 Å². The fraction of sp³-hybridized carbons (Fsp3) is 0.308. The van der Waals surface area contributed by atoms with E-state index < -0.39 is 0 Å². The van der Waals surface area contributed by atoms with E-state index in [0.29, 0.717) is 6.54 Å². The van der Waals surface area contributed by atoms with E-state index in [-0.39, 0.29) is 5.82 Å². The van der Waals surface area contributed by atoms with Crippen molar-refractivity contribution in [3.63, 3.8) is 0 Å². The lowest BCUT2D eigenvalue weighted by Crippen LogP contribution is -2.04. The van der Waals surface area contributed by atoms with Gasteiger partial charge in [0.05, 0.1) is 12.2 Å². The first-order valence-electron chi connectivity index (χ1n) is 5.33. The summed E-state index contributed by atoms with van der Waals surface area (Å²) in [5.74, 6) is -0.198. The highest BCUT2D eigenvalue weighted by atomic mass is 19.1. The van der Waals surface area contributed by atoms with Gasteiger partial charge in [0.2, 0.25) is 0 Å². The maximum absolute atomic E-state index is 13.0. The van der Waals surface area contributed by atoms with Crippen LogP contribution in [0.15, 0.2) is 24.3 Å². The SMILES string of the molecule is Cc1nn(Cc2cccc(F)c2)c(C)c1C. The average Bonchev–Trinajstić information content (AvgIpc) is 2.47. The zero-order valence-corrected chi connectivity index (χ0v) is 9.79. The summed E-state index contributed by atoms with van der Waals surface area (Å²) in [6.45, 7) is 6.71. The number of hydrogen-bond donors (Lipinski definition) is 0. The van der Waals surface area contributed by atoms with Gasteiger partial charge in [-0.25, -0.2) is 4.39 Å². The smallest absolute Gasteiger partial charge is 0.123 e. The lowest BCUT2D eigenvalue weighted by Gasteiger charge is -2.04. The van der Waals surface area contributed by atoms with Crippen molar-refractivity contribution < 1.29 is 4.39 Å². The molecule has 1 aromatic heterocycles. The Morgan fingerprint density at radius 1 is 1.25 bits per heavy atom. The minimum atomic E-state index is -0.198. The number of nitrogens with zero attached hydrogens (tertiary/aromatic N) is 2. The van der Waals surface area contributed by atoms with Gasteiger partial charge in [-0.15, -0.1) is 0 Å². The Hall–Kier alpha value is -1.64. The Labute approximate surface area is 94.7 Å². The van der Waals surface area contributed by atoms with Gasteiger partial charge in [-0.05, 0) is 44.0 Å². The van der Waals surface area contributed by atoms with Crippen LogP contribution < -0.4 is 0 Å². The van der Waals surface area contributed by atoms with Crippen molar-refractivity contribution in [2.24, 2.45) is 0 Å². The molecule has 1 aromatic carbocycles. The fourth-order valence-corrected chi connectivity index (χ4v) is 1.75. The summed E-state index contributed by atoms with van der Waals surface area (Å²) >= 11 is 0. The van der Waals surface area contributed by atoms with Crippen molar-refractivity contribution in [3.8, 4) is 0 Å². The molecule has 0 atom stereocenters. The van der Waals surface area contributed by atoms with Crippen molar-refractivity contribution in [3.05, 3.63) is 52.6 Å². The maximum atomic E-state index is 13.0. The molecule has 0 unspecified atom stereocenters. The van der Waals surface area contributed by atoms with Crippen molar-refractivity contribution in [1.82, 2.24) is 9.78 Å². The van der Waals surface area contributed by atoms with Crippen LogP contribution in [0.3, 0.4) is 0 Å². The first-order valence-corrected chi connectivity index (χ1v) is 5.33. The minimum absolute atomic E-state index is 0.198. The minimum Gasteiger partial charge on any atom is -0.265 e. The summed E-state index contributed by atoms with van der Waals surface area (Å²) < 4.78 is 14.9. The second-order valence-electron chi connectivity index (χ2n) is 4.08. The van der Waals surface area contributed by atoms with Gasteiger partial charge in [0.1, 0.15) is 5.82 Å². The van der Waals surface area contributed by atoms with E-state index in [1.807, 2.05) is 24.6 Å². The topological polar surface area (TPSA) is 17.8 Å². The van der Waals surface area contributed by atoms with Crippen molar-refractivity contribution in [2.45, 2.75) is 27.3 Å². The van der Waals surface area contributed by atoms with Crippen LogP contribution in [-0.4, -0.2) is 9.78 Å². The van der Waals surface area contributed by atoms with E-state index in [4.69, 9.17) is 0 Å². The Bertz CT molecular complexity index is 515. The molecular weight excluding hydrogens is 203 g/mol. The second-order valence-corrected chi connectivity index (χ2v) is 4.08. The van der Waals surface area contributed by atoms with E-state index in [1.165, 1.54) is 11.6 Å². The summed E-state index contributed by atoms with van der Waals surface area (Å²) in [6.07, 6.45) is 0. The van der Waals surface area contributed by atoms with Gasteiger partial charge in [0.25, 0.3) is 0 Å². The molecule has 0 saturated carbocycles. The highest BCUT2D eigenvalue weighted by Crippen LogP contribution is 2.13. The van der Waals surface area contributed by atoms with E-state index >= 15 is 0 Å². The van der Waals surface area contributed by atoms with Gasteiger partial charge < -0.3 is 0 Å². The molecule has 0 aliphatic rings. The highest BCUT2D eigenvalue weighted by molar-refractivity contribution is 5.24. The van der Waals surface area contributed by atoms with Gasteiger partial charge in [-0.2, -0.15) is 5.10 Å². The number of aromatic nitrogens is 2. The van der Waals surface area contributed by atoms with E-state index in [0.717, 1.165) is 17.0 Å². The molecule has 0 fully saturated rings. The molecule has 2 aromatic rings. The van der Waals surface area contributed by atoms with Gasteiger partial charge in [-0.3, -0.25) is 4.68 Å². The largest absolute Gasteiger partial charge is 0.265 e. The molecule has 0 spiro atoms. The summed E-state index contributed by atoms with van der Waals surface area (Å²) in [5, 5.41) is 4.43. The molecule has 0 N–H and O–H groups in total. The molecular formula is C13H15FN2. The number of rotatable bonds is 2. The zero-order chi connectivity index (χ0) is 11.7. The Morgan fingerprint density at radius 3 is 2.56 bits per heavy atom. The molecule has 3 heteroatoms. The monoisotopic (exact) mass is 218 g/mol. The van der Waals surface area contributed by atoms with Crippen LogP contribution in [0, 0.1) is 26.6 Å². The third-order valence-corrected chi connectivity index (χ3v) is 2.96. The lowest BCUT2D eigenvalue weighted by atomic mass is 10.2. The summed E-state index contributed by atoms with van der Waals surface area (Å²) in [7, 11) is 0. The molecule has 0 aliphatic carbocycles. The van der Waals surface area contributed by atoms with Crippen LogP contribution in [0.1, 0.15) is 22.5 Å². The first kappa shape index (κ1) is 10.9. The predicted octanol–water partition coefficient (Wildman–Crippen LogP) is 3.00. The first-order chi connectivity index (χ1) is 7.58. The van der Waals surface area contributed by atoms with Gasteiger partial charge in [0.15, 0.2) is 0 Å². The van der Waals surface area contributed by atoms with Gasteiger partial charge >= 0.3 is 0 Å². The van der Waals surface area contributed by atoms with Gasteiger partial charge in [0, 0.05) is 5.69 Å². The lowest BCUT2D eigenvalue weighted by molar-refractivity contribution is 0.615. The average molecular weight is 218 g/mol. The molecule has 1 heterocycles. The van der Waals surface area contributed by atoms with Crippen LogP contribution in [0.25, 0.3) is 0 Å². The zero-order valence-electron chi connectivity index (χ0n) is 9.79. The standard InChI is InChI=1S/C13H15FN2/c1-9-10(2)15-16(11(9)3)8-12-5-4-6-13(14)7-12/h4-7H,8H2,1-3H3. The molecule has 0 radical (unpaired) electrons. The molecule has 16 heavy (non-hydrogen) atoms. The number of halogens is 1. The molecule has 0 saturated heterocycles. The maximum Gasteiger partial charge on any atom is 0.123 e. The van der Waals surface area contributed by atoms with Crippen molar-refractivity contribution in [1.29, 1.82) is 0 Å².